The Bertz CT molecular complexity index is 1180. The summed E-state index contributed by atoms with van der Waals surface area (Å²) in [6, 6.07) is 19.6. The molecule has 1 heterocycles. The number of methoxy groups -OCH3 is 2. The van der Waals surface area contributed by atoms with Gasteiger partial charge in [0.25, 0.3) is 0 Å². The number of benzene rings is 3. The van der Waals surface area contributed by atoms with E-state index in [0.29, 0.717) is 27.8 Å². The zero-order valence-corrected chi connectivity index (χ0v) is 17.3. The van der Waals surface area contributed by atoms with Crippen molar-refractivity contribution in [2.24, 2.45) is 0 Å². The van der Waals surface area contributed by atoms with Gasteiger partial charge >= 0.3 is 0 Å². The summed E-state index contributed by atoms with van der Waals surface area (Å²) in [7, 11) is 3.17. The van der Waals surface area contributed by atoms with E-state index in [1.807, 2.05) is 42.5 Å². The van der Waals surface area contributed by atoms with Gasteiger partial charge in [-0.2, -0.15) is 0 Å². The van der Waals surface area contributed by atoms with Crippen molar-refractivity contribution in [2.75, 3.05) is 14.2 Å². The van der Waals surface area contributed by atoms with E-state index in [-0.39, 0.29) is 18.2 Å². The van der Waals surface area contributed by atoms with Gasteiger partial charge in [-0.05, 0) is 54.1 Å². The number of rotatable bonds is 4. The van der Waals surface area contributed by atoms with E-state index in [1.165, 1.54) is 6.07 Å². The lowest BCUT2D eigenvalue weighted by atomic mass is 9.98. The predicted octanol–water partition coefficient (Wildman–Crippen LogP) is 3.38. The highest BCUT2D eigenvalue weighted by Crippen LogP contribution is 2.37. The van der Waals surface area contributed by atoms with Crippen LogP contribution >= 0.6 is 11.6 Å². The van der Waals surface area contributed by atoms with Crippen molar-refractivity contribution in [3.05, 3.63) is 77.6 Å². The molecular formula is C23H17Cl2FNO2-. The minimum atomic E-state index is -0.298. The van der Waals surface area contributed by atoms with Crippen LogP contribution in [0.2, 0.25) is 5.02 Å². The fourth-order valence-electron chi connectivity index (χ4n) is 3.24. The molecule has 0 spiro atoms. The number of halogens is 3. The van der Waals surface area contributed by atoms with Gasteiger partial charge in [0.05, 0.1) is 25.4 Å². The van der Waals surface area contributed by atoms with Crippen molar-refractivity contribution in [2.45, 2.75) is 0 Å². The topological polar surface area (TPSA) is 31.4 Å². The molecule has 0 fully saturated rings. The maximum absolute atomic E-state index is 14.6. The van der Waals surface area contributed by atoms with Gasteiger partial charge in [0.15, 0.2) is 11.5 Å². The molecule has 0 saturated heterocycles. The fraction of sp³-hybridized carbons (Fsp3) is 0.0870. The van der Waals surface area contributed by atoms with E-state index in [1.54, 1.807) is 32.4 Å². The molecule has 0 aliphatic heterocycles. The number of pyridine rings is 1. The first-order valence-electron chi connectivity index (χ1n) is 8.68. The van der Waals surface area contributed by atoms with Crippen LogP contribution in [0, 0.1) is 5.82 Å². The maximum Gasteiger partial charge on any atom is 0.161 e. The Hall–Kier alpha value is -2.82. The predicted molar refractivity (Wildman–Crippen MR) is 111 cm³/mol. The Morgan fingerprint density at radius 3 is 2.31 bits per heavy atom. The SMILES string of the molecule is COc1ccc(-c2cc(-c3ccccc3F)c3cc(Cl)ccc3n2)cc1OC.[Cl-]. The molecule has 4 aromatic rings. The van der Waals surface area contributed by atoms with Crippen LogP contribution in [-0.4, -0.2) is 19.2 Å². The summed E-state index contributed by atoms with van der Waals surface area (Å²) in [5.74, 6) is 0.937. The Morgan fingerprint density at radius 1 is 0.828 bits per heavy atom. The molecular weight excluding hydrogens is 412 g/mol. The molecule has 0 aliphatic rings. The minimum absolute atomic E-state index is 0. The third-order valence-corrected chi connectivity index (χ3v) is 4.85. The molecule has 148 valence electrons. The normalized spacial score (nSPS) is 10.5. The number of hydrogen-bond acceptors (Lipinski definition) is 3. The summed E-state index contributed by atoms with van der Waals surface area (Å²) in [6.45, 7) is 0. The molecule has 4 rings (SSSR count). The molecule has 0 radical (unpaired) electrons. The molecule has 0 saturated carbocycles. The van der Waals surface area contributed by atoms with Crippen LogP contribution in [0.5, 0.6) is 11.5 Å². The van der Waals surface area contributed by atoms with Gasteiger partial charge in [-0.1, -0.05) is 29.8 Å². The lowest BCUT2D eigenvalue weighted by molar-refractivity contribution is -0.00000653. The van der Waals surface area contributed by atoms with E-state index in [0.717, 1.165) is 22.0 Å². The van der Waals surface area contributed by atoms with E-state index in [9.17, 15) is 4.39 Å². The second-order valence-corrected chi connectivity index (χ2v) is 6.70. The molecule has 3 aromatic carbocycles. The second-order valence-electron chi connectivity index (χ2n) is 6.27. The zero-order chi connectivity index (χ0) is 19.7. The van der Waals surface area contributed by atoms with Crippen LogP contribution in [0.25, 0.3) is 33.3 Å². The first kappa shape index (κ1) is 20.9. The highest BCUT2D eigenvalue weighted by atomic mass is 35.5. The standard InChI is InChI=1S/C23H17ClFNO2.ClH/c1-27-22-10-7-14(11-23(22)28-2)21-13-17(16-5-3-4-6-19(16)25)18-12-15(24)8-9-20(18)26-21;/h3-13H,1-2H3;1H/p-1. The Labute approximate surface area is 179 Å². The zero-order valence-electron chi connectivity index (χ0n) is 15.7. The van der Waals surface area contributed by atoms with Crippen LogP contribution in [0.15, 0.2) is 66.7 Å². The number of fused-ring (bicyclic) bond motifs is 1. The molecule has 0 atom stereocenters. The lowest BCUT2D eigenvalue weighted by Gasteiger charge is -2.13. The summed E-state index contributed by atoms with van der Waals surface area (Å²) >= 11 is 6.20. The Kier molecular flexibility index (Phi) is 6.26. The van der Waals surface area contributed by atoms with Crippen molar-refractivity contribution < 1.29 is 26.3 Å². The smallest absolute Gasteiger partial charge is 0.161 e. The molecule has 6 heteroatoms. The first-order valence-corrected chi connectivity index (χ1v) is 9.06. The fourth-order valence-corrected chi connectivity index (χ4v) is 3.42. The van der Waals surface area contributed by atoms with Crippen LogP contribution in [-0.2, 0) is 0 Å². The second kappa shape index (κ2) is 8.68. The number of hydrogen-bond donors (Lipinski definition) is 0. The number of nitrogens with zero attached hydrogens (tertiary/aromatic N) is 1. The van der Waals surface area contributed by atoms with E-state index < -0.39 is 0 Å². The van der Waals surface area contributed by atoms with Gasteiger partial charge in [0, 0.05) is 21.5 Å². The van der Waals surface area contributed by atoms with Gasteiger partial charge in [-0.15, -0.1) is 0 Å². The molecule has 3 nitrogen and oxygen atoms in total. The van der Waals surface area contributed by atoms with Gasteiger partial charge in [0.1, 0.15) is 5.82 Å². The summed E-state index contributed by atoms with van der Waals surface area (Å²) in [5.41, 5.74) is 3.50. The molecule has 0 N–H and O–H groups in total. The minimum Gasteiger partial charge on any atom is -1.00 e. The third-order valence-electron chi connectivity index (χ3n) is 4.61. The van der Waals surface area contributed by atoms with Crippen molar-refractivity contribution in [1.82, 2.24) is 4.98 Å². The molecule has 0 amide bonds. The van der Waals surface area contributed by atoms with E-state index >= 15 is 0 Å². The Balaban J connectivity index is 0.00000240. The summed E-state index contributed by atoms with van der Waals surface area (Å²) in [4.78, 5) is 4.76. The molecule has 0 unspecified atom stereocenters. The lowest BCUT2D eigenvalue weighted by Crippen LogP contribution is -3.00. The van der Waals surface area contributed by atoms with Gasteiger partial charge in [-0.3, -0.25) is 0 Å². The van der Waals surface area contributed by atoms with Crippen LogP contribution in [0.1, 0.15) is 0 Å². The Morgan fingerprint density at radius 2 is 1.59 bits per heavy atom. The van der Waals surface area contributed by atoms with Crippen LogP contribution in [0.3, 0.4) is 0 Å². The van der Waals surface area contributed by atoms with Crippen molar-refractivity contribution in [3.63, 3.8) is 0 Å². The third kappa shape index (κ3) is 4.00. The largest absolute Gasteiger partial charge is 1.00 e. The molecule has 0 aliphatic carbocycles. The van der Waals surface area contributed by atoms with Crippen molar-refractivity contribution in [1.29, 1.82) is 0 Å². The quantitative estimate of drug-likeness (QED) is 0.499. The first-order chi connectivity index (χ1) is 13.6. The average molecular weight is 429 g/mol. The van der Waals surface area contributed by atoms with Gasteiger partial charge in [-0.25, -0.2) is 9.37 Å². The highest BCUT2D eigenvalue weighted by molar-refractivity contribution is 6.31. The maximum atomic E-state index is 14.6. The summed E-state index contributed by atoms with van der Waals surface area (Å²) in [6.07, 6.45) is 0. The van der Waals surface area contributed by atoms with Gasteiger partial charge < -0.3 is 21.9 Å². The molecule has 1 aromatic heterocycles. The summed E-state index contributed by atoms with van der Waals surface area (Å²) < 4.78 is 25.3. The van der Waals surface area contributed by atoms with Crippen molar-refractivity contribution in [3.8, 4) is 33.9 Å². The van der Waals surface area contributed by atoms with E-state index in [4.69, 9.17) is 26.1 Å². The van der Waals surface area contributed by atoms with Gasteiger partial charge in [0.2, 0.25) is 0 Å². The molecule has 29 heavy (non-hydrogen) atoms. The number of aromatic nitrogens is 1. The van der Waals surface area contributed by atoms with Crippen LogP contribution in [0.4, 0.5) is 4.39 Å². The monoisotopic (exact) mass is 428 g/mol. The highest BCUT2D eigenvalue weighted by Gasteiger charge is 2.14. The number of ether oxygens (including phenoxy) is 2. The van der Waals surface area contributed by atoms with Crippen molar-refractivity contribution >= 4 is 22.5 Å². The van der Waals surface area contributed by atoms with E-state index in [2.05, 4.69) is 0 Å². The van der Waals surface area contributed by atoms with Crippen LogP contribution < -0.4 is 21.9 Å². The molecule has 0 bridgehead atoms. The average Bonchev–Trinajstić information content (AvgIpc) is 2.73. The summed E-state index contributed by atoms with van der Waals surface area (Å²) in [5, 5.41) is 1.37.